The van der Waals surface area contributed by atoms with Gasteiger partial charge in [0.2, 0.25) is 10.0 Å². The summed E-state index contributed by atoms with van der Waals surface area (Å²) in [4.78, 5) is 11.4. The van der Waals surface area contributed by atoms with Crippen LogP contribution in [0.5, 0.6) is 0 Å². The summed E-state index contributed by atoms with van der Waals surface area (Å²) < 4.78 is 51.3. The van der Waals surface area contributed by atoms with Crippen LogP contribution in [0.15, 0.2) is 23.1 Å². The molecule has 0 aromatic heterocycles. The zero-order valence-electron chi connectivity index (χ0n) is 14.7. The second-order valence-corrected chi connectivity index (χ2v) is 7.73. The number of carbonyl (C=O) groups excluding carboxylic acids is 1. The van der Waals surface area contributed by atoms with Crippen LogP contribution in [-0.4, -0.2) is 53.3 Å². The number of halogens is 2. The topological polar surface area (TPSA) is 93.7 Å². The van der Waals surface area contributed by atoms with Gasteiger partial charge < -0.3 is 14.8 Å². The first-order valence-electron chi connectivity index (χ1n) is 8.03. The van der Waals surface area contributed by atoms with Gasteiger partial charge in [0.1, 0.15) is 5.82 Å². The quantitative estimate of drug-likeness (QED) is 0.630. The Kier molecular flexibility index (Phi) is 8.42. The van der Waals surface area contributed by atoms with Crippen LogP contribution in [0.4, 0.5) is 4.39 Å². The smallest absolute Gasteiger partial charge is 0.338 e. The van der Waals surface area contributed by atoms with E-state index in [1.807, 2.05) is 0 Å². The van der Waals surface area contributed by atoms with Crippen molar-refractivity contribution in [3.8, 4) is 0 Å². The van der Waals surface area contributed by atoms with Gasteiger partial charge >= 0.3 is 5.97 Å². The van der Waals surface area contributed by atoms with E-state index in [1.165, 1.54) is 0 Å². The molecule has 0 amide bonds. The number of hydrogen-bond acceptors (Lipinski definition) is 6. The molecular weight excluding hydrogens is 387 g/mol. The summed E-state index contributed by atoms with van der Waals surface area (Å²) in [5.74, 6) is -1.59. The second-order valence-electron chi connectivity index (χ2n) is 5.96. The van der Waals surface area contributed by atoms with E-state index in [1.54, 1.807) is 14.0 Å². The molecular formula is C16H24ClFN2O5S. The molecule has 0 radical (unpaired) electrons. The summed E-state index contributed by atoms with van der Waals surface area (Å²) in [5, 5.41) is 3.25. The third-order valence-corrected chi connectivity index (χ3v) is 5.43. The lowest BCUT2D eigenvalue weighted by Crippen LogP contribution is -2.52. The number of hydrogen-bond donors (Lipinski definition) is 2. The monoisotopic (exact) mass is 410 g/mol. The molecule has 10 heteroatoms. The van der Waals surface area contributed by atoms with Crippen molar-refractivity contribution >= 4 is 28.4 Å². The fourth-order valence-electron chi connectivity index (χ4n) is 2.84. The van der Waals surface area contributed by atoms with Gasteiger partial charge in [-0.25, -0.2) is 22.3 Å². The van der Waals surface area contributed by atoms with Crippen molar-refractivity contribution in [1.29, 1.82) is 0 Å². The van der Waals surface area contributed by atoms with Gasteiger partial charge in [-0.05, 0) is 44.5 Å². The number of rotatable bonds is 8. The molecule has 7 nitrogen and oxygen atoms in total. The summed E-state index contributed by atoms with van der Waals surface area (Å²) in [6.45, 7) is 2.96. The zero-order valence-corrected chi connectivity index (χ0v) is 16.3. The average molecular weight is 411 g/mol. The number of benzene rings is 1. The molecule has 1 aromatic rings. The average Bonchev–Trinajstić information content (AvgIpc) is 3.02. The van der Waals surface area contributed by atoms with Crippen LogP contribution in [0.1, 0.15) is 30.1 Å². The van der Waals surface area contributed by atoms with Gasteiger partial charge in [-0.3, -0.25) is 0 Å². The molecule has 0 aliphatic carbocycles. The van der Waals surface area contributed by atoms with Crippen molar-refractivity contribution in [1.82, 2.24) is 10.0 Å². The molecule has 1 fully saturated rings. The van der Waals surface area contributed by atoms with Crippen LogP contribution in [0, 0.1) is 5.82 Å². The molecule has 148 valence electrons. The van der Waals surface area contributed by atoms with Gasteiger partial charge in [-0.15, -0.1) is 12.4 Å². The second kappa shape index (κ2) is 9.61. The van der Waals surface area contributed by atoms with Crippen molar-refractivity contribution in [3.63, 3.8) is 0 Å². The molecule has 1 aliphatic rings. The lowest BCUT2D eigenvalue weighted by molar-refractivity contribution is 0.0525. The highest BCUT2D eigenvalue weighted by molar-refractivity contribution is 7.89. The Labute approximate surface area is 159 Å². The van der Waals surface area contributed by atoms with Gasteiger partial charge in [-0.2, -0.15) is 0 Å². The van der Waals surface area contributed by atoms with Crippen LogP contribution in [-0.2, 0) is 19.5 Å². The zero-order chi connectivity index (χ0) is 18.5. The van der Waals surface area contributed by atoms with E-state index in [4.69, 9.17) is 9.47 Å². The molecule has 0 bridgehead atoms. The molecule has 2 N–H and O–H groups in total. The van der Waals surface area contributed by atoms with Gasteiger partial charge in [-0.1, -0.05) is 0 Å². The number of nitrogens with one attached hydrogen (secondary N) is 2. The van der Waals surface area contributed by atoms with Gasteiger partial charge in [0.15, 0.2) is 0 Å². The molecule has 1 saturated heterocycles. The Hall–Kier alpha value is -1.26. The Morgan fingerprint density at radius 1 is 1.38 bits per heavy atom. The molecule has 1 heterocycles. The van der Waals surface area contributed by atoms with Crippen LogP contribution in [0.25, 0.3) is 0 Å². The Bertz CT molecular complexity index is 723. The Balaban J connectivity index is 0.00000338. The summed E-state index contributed by atoms with van der Waals surface area (Å²) >= 11 is 0. The van der Waals surface area contributed by atoms with Crippen LogP contribution >= 0.6 is 12.4 Å². The first-order valence-corrected chi connectivity index (χ1v) is 9.51. The molecule has 0 spiro atoms. The maximum atomic E-state index is 13.8. The minimum Gasteiger partial charge on any atom is -0.462 e. The third kappa shape index (κ3) is 5.62. The number of ether oxygens (including phenoxy) is 2. The fraction of sp³-hybridized carbons (Fsp3) is 0.562. The van der Waals surface area contributed by atoms with Gasteiger partial charge in [0.05, 0.1) is 29.2 Å². The number of carbonyl (C=O) groups is 1. The fourth-order valence-corrected chi connectivity index (χ4v) is 4.02. The molecule has 1 aliphatic heterocycles. The van der Waals surface area contributed by atoms with Crippen LogP contribution < -0.4 is 10.0 Å². The van der Waals surface area contributed by atoms with Crippen molar-refractivity contribution in [3.05, 3.63) is 29.6 Å². The lowest BCUT2D eigenvalue weighted by atomic mass is 9.99. The molecule has 2 rings (SSSR count). The molecule has 26 heavy (non-hydrogen) atoms. The molecule has 1 aromatic carbocycles. The summed E-state index contributed by atoms with van der Waals surface area (Å²) in [6, 6.07) is 2.92. The highest BCUT2D eigenvalue weighted by Gasteiger charge is 2.35. The maximum absolute atomic E-state index is 13.8. The predicted octanol–water partition coefficient (Wildman–Crippen LogP) is 1.47. The van der Waals surface area contributed by atoms with Crippen molar-refractivity contribution in [2.45, 2.75) is 30.2 Å². The standard InChI is InChI=1S/C16H23FN2O5S.ClH/c1-3-24-15(20)12-7-13(17)9-14(8-12)25(21,22)19-10-16(11-23-2)5-4-6-18-16;/h7-9,18-19H,3-6,10-11H2,1-2H3;1H. The van der Waals surface area contributed by atoms with Crippen molar-refractivity contribution in [2.75, 3.05) is 33.4 Å². The van der Waals surface area contributed by atoms with Crippen LogP contribution in [0.2, 0.25) is 0 Å². The van der Waals surface area contributed by atoms with Gasteiger partial charge in [0.25, 0.3) is 0 Å². The largest absolute Gasteiger partial charge is 0.462 e. The Morgan fingerprint density at radius 3 is 2.69 bits per heavy atom. The van der Waals surface area contributed by atoms with E-state index in [9.17, 15) is 17.6 Å². The van der Waals surface area contributed by atoms with E-state index in [2.05, 4.69) is 10.0 Å². The molecule has 1 atom stereocenters. The summed E-state index contributed by atoms with van der Waals surface area (Å²) in [7, 11) is -2.44. The minimum absolute atomic E-state index is 0. The van der Waals surface area contributed by atoms with E-state index >= 15 is 0 Å². The lowest BCUT2D eigenvalue weighted by Gasteiger charge is -2.28. The Morgan fingerprint density at radius 2 is 2.12 bits per heavy atom. The highest BCUT2D eigenvalue weighted by atomic mass is 35.5. The van der Waals surface area contributed by atoms with Gasteiger partial charge in [0, 0.05) is 13.7 Å². The summed E-state index contributed by atoms with van der Waals surface area (Å²) in [5.41, 5.74) is -0.633. The van der Waals surface area contributed by atoms with E-state index < -0.39 is 27.3 Å². The number of methoxy groups -OCH3 is 1. The van der Waals surface area contributed by atoms with Crippen molar-refractivity contribution in [2.24, 2.45) is 0 Å². The van der Waals surface area contributed by atoms with Crippen LogP contribution in [0.3, 0.4) is 0 Å². The third-order valence-electron chi connectivity index (χ3n) is 4.05. The first-order chi connectivity index (χ1) is 11.8. The molecule has 1 unspecified atom stereocenters. The van der Waals surface area contributed by atoms with E-state index in [-0.39, 0.29) is 36.0 Å². The predicted molar refractivity (Wildman–Crippen MR) is 96.6 cm³/mol. The van der Waals surface area contributed by atoms with E-state index in [0.29, 0.717) is 6.61 Å². The highest BCUT2D eigenvalue weighted by Crippen LogP contribution is 2.21. The van der Waals surface area contributed by atoms with Crippen molar-refractivity contribution < 1.29 is 27.1 Å². The normalized spacial score (nSPS) is 19.8. The van der Waals surface area contributed by atoms with E-state index in [0.717, 1.165) is 37.6 Å². The summed E-state index contributed by atoms with van der Waals surface area (Å²) in [6.07, 6.45) is 1.68. The maximum Gasteiger partial charge on any atom is 0.338 e. The SMILES string of the molecule is CCOC(=O)c1cc(F)cc(S(=O)(=O)NCC2(COC)CCCN2)c1.Cl. The number of sulfonamides is 1. The minimum atomic E-state index is -3.99. The molecule has 0 saturated carbocycles. The number of esters is 1. The first kappa shape index (κ1) is 22.8.